The smallest absolute Gasteiger partial charge is 0.250 e. The predicted octanol–water partition coefficient (Wildman–Crippen LogP) is 0.223. The van der Waals surface area contributed by atoms with Crippen LogP contribution in [0.3, 0.4) is 0 Å². The van der Waals surface area contributed by atoms with Gasteiger partial charge in [0.05, 0.1) is 0 Å². The third-order valence-electron chi connectivity index (χ3n) is 1.53. The molecule has 0 fully saturated rings. The summed E-state index contributed by atoms with van der Waals surface area (Å²) >= 11 is 0. The first-order valence-electron chi connectivity index (χ1n) is 3.59. The molecule has 0 saturated carbocycles. The van der Waals surface area contributed by atoms with E-state index in [1.165, 1.54) is 6.07 Å². The van der Waals surface area contributed by atoms with Crippen LogP contribution in [-0.2, 0) is 0 Å². The third kappa shape index (κ3) is 1.73. The summed E-state index contributed by atoms with van der Waals surface area (Å²) in [7, 11) is 5.41. The summed E-state index contributed by atoms with van der Waals surface area (Å²) in [5.41, 5.74) is 0.479. The monoisotopic (exact) mass is 147 g/mol. The molecule has 0 aromatic carbocycles. The Bertz CT molecular complexity index is 303. The average molecular weight is 147 g/mol. The summed E-state index contributed by atoms with van der Waals surface area (Å²) in [4.78, 5) is 11.2. The second-order valence-corrected chi connectivity index (χ2v) is 2.80. The average Bonchev–Trinajstić information content (AvgIpc) is 1.85. The van der Waals surface area contributed by atoms with E-state index in [0.717, 1.165) is 0 Å². The van der Waals surface area contributed by atoms with Crippen molar-refractivity contribution < 1.29 is 0 Å². The van der Waals surface area contributed by atoms with Crippen molar-refractivity contribution in [2.24, 2.45) is 0 Å². The Labute approximate surface area is 67.3 Å². The van der Waals surface area contributed by atoms with E-state index in [4.69, 9.17) is 7.85 Å². The third-order valence-corrected chi connectivity index (χ3v) is 1.53. The summed E-state index contributed by atoms with van der Waals surface area (Å²) in [5.74, 6) is 0. The lowest BCUT2D eigenvalue weighted by atomic mass is 9.98. The van der Waals surface area contributed by atoms with Crippen LogP contribution in [0.5, 0.6) is 0 Å². The number of hydrogen-bond acceptors (Lipinski definition) is 1. The minimum absolute atomic E-state index is 0.0417. The highest BCUT2D eigenvalue weighted by Gasteiger charge is 1.97. The van der Waals surface area contributed by atoms with Crippen molar-refractivity contribution in [1.82, 2.24) is 4.57 Å². The fourth-order valence-electron chi connectivity index (χ4n) is 0.932. The molecule has 56 valence electrons. The van der Waals surface area contributed by atoms with E-state index in [-0.39, 0.29) is 11.6 Å². The van der Waals surface area contributed by atoms with Crippen molar-refractivity contribution in [3.8, 4) is 0 Å². The molecule has 2 radical (unpaired) electrons. The van der Waals surface area contributed by atoms with Gasteiger partial charge in [-0.15, -0.1) is 0 Å². The Balaban J connectivity index is 3.21. The van der Waals surface area contributed by atoms with Gasteiger partial charge in [-0.1, -0.05) is 11.5 Å². The maximum absolute atomic E-state index is 11.2. The Hall–Kier alpha value is -0.985. The lowest BCUT2D eigenvalue weighted by Gasteiger charge is -2.08. The van der Waals surface area contributed by atoms with Crippen molar-refractivity contribution >= 4 is 13.3 Å². The highest BCUT2D eigenvalue weighted by Crippen LogP contribution is 1.96. The summed E-state index contributed by atoms with van der Waals surface area (Å²) in [6.45, 7) is 3.91. The Morgan fingerprint density at radius 2 is 2.18 bits per heavy atom. The highest BCUT2D eigenvalue weighted by atomic mass is 16.1. The number of hydrogen-bond donors (Lipinski definition) is 0. The van der Waals surface area contributed by atoms with Crippen molar-refractivity contribution in [2.45, 2.75) is 19.9 Å². The summed E-state index contributed by atoms with van der Waals surface area (Å²) in [5, 5.41) is 0. The van der Waals surface area contributed by atoms with Gasteiger partial charge in [-0.3, -0.25) is 4.79 Å². The summed E-state index contributed by atoms with van der Waals surface area (Å²) in [6.07, 6.45) is 1.71. The number of nitrogens with zero attached hydrogens (tertiary/aromatic N) is 1. The topological polar surface area (TPSA) is 22.0 Å². The van der Waals surface area contributed by atoms with Gasteiger partial charge >= 0.3 is 0 Å². The zero-order chi connectivity index (χ0) is 8.43. The number of rotatable bonds is 1. The van der Waals surface area contributed by atoms with Gasteiger partial charge in [0, 0.05) is 12.2 Å². The van der Waals surface area contributed by atoms with E-state index in [1.54, 1.807) is 16.8 Å². The fraction of sp³-hybridized carbons (Fsp3) is 0.375. The van der Waals surface area contributed by atoms with Gasteiger partial charge < -0.3 is 4.57 Å². The molecule has 1 aromatic rings. The molecule has 0 amide bonds. The minimum atomic E-state index is -0.0417. The number of aromatic nitrogens is 1. The van der Waals surface area contributed by atoms with Crippen molar-refractivity contribution in [2.75, 3.05) is 0 Å². The van der Waals surface area contributed by atoms with Crippen LogP contribution in [0, 0.1) is 0 Å². The first-order chi connectivity index (χ1) is 5.11. The first-order valence-corrected chi connectivity index (χ1v) is 3.59. The molecular weight excluding hydrogens is 137 g/mol. The van der Waals surface area contributed by atoms with Crippen LogP contribution >= 0.6 is 0 Å². The predicted molar refractivity (Wildman–Crippen MR) is 46.5 cm³/mol. The van der Waals surface area contributed by atoms with E-state index in [9.17, 15) is 4.79 Å². The van der Waals surface area contributed by atoms with Gasteiger partial charge in [0.2, 0.25) is 5.56 Å². The van der Waals surface area contributed by atoms with Crippen LogP contribution in [0.25, 0.3) is 0 Å². The molecule has 1 rings (SSSR count). The molecule has 0 aliphatic rings. The molecular formula is C8H10BNO. The molecule has 0 unspecified atom stereocenters. The highest BCUT2D eigenvalue weighted by molar-refractivity contribution is 6.32. The number of pyridine rings is 1. The van der Waals surface area contributed by atoms with Crippen LogP contribution in [-0.4, -0.2) is 12.4 Å². The van der Waals surface area contributed by atoms with Crippen molar-refractivity contribution in [1.29, 1.82) is 0 Å². The van der Waals surface area contributed by atoms with Crippen LogP contribution in [0.15, 0.2) is 23.1 Å². The summed E-state index contributed by atoms with van der Waals surface area (Å²) in [6, 6.07) is 3.35. The molecule has 3 heteroatoms. The van der Waals surface area contributed by atoms with E-state index < -0.39 is 0 Å². The summed E-state index contributed by atoms with van der Waals surface area (Å²) < 4.78 is 1.64. The maximum atomic E-state index is 11.2. The minimum Gasteiger partial charge on any atom is -0.313 e. The Morgan fingerprint density at radius 1 is 1.55 bits per heavy atom. The normalized spacial score (nSPS) is 10.5. The van der Waals surface area contributed by atoms with Crippen LogP contribution in [0.2, 0.25) is 0 Å². The molecule has 0 aliphatic carbocycles. The van der Waals surface area contributed by atoms with Crippen LogP contribution < -0.4 is 11.0 Å². The zero-order valence-electron chi connectivity index (χ0n) is 6.74. The van der Waals surface area contributed by atoms with Gasteiger partial charge in [-0.2, -0.15) is 0 Å². The molecule has 11 heavy (non-hydrogen) atoms. The van der Waals surface area contributed by atoms with Crippen LogP contribution in [0.1, 0.15) is 19.9 Å². The molecule has 0 saturated heterocycles. The van der Waals surface area contributed by atoms with E-state index >= 15 is 0 Å². The second kappa shape index (κ2) is 2.95. The quantitative estimate of drug-likeness (QED) is 0.521. The first kappa shape index (κ1) is 8.11. The van der Waals surface area contributed by atoms with Gasteiger partial charge in [0.1, 0.15) is 7.85 Å². The molecule has 0 N–H and O–H groups in total. The van der Waals surface area contributed by atoms with Crippen molar-refractivity contribution in [3.05, 3.63) is 28.7 Å². The Kier molecular flexibility index (Phi) is 2.18. The lowest BCUT2D eigenvalue weighted by Crippen LogP contribution is -2.24. The van der Waals surface area contributed by atoms with Gasteiger partial charge in [0.15, 0.2) is 0 Å². The SMILES string of the molecule is [B]c1ccn(C(C)C)c(=O)c1. The molecule has 2 nitrogen and oxygen atoms in total. The molecule has 0 bridgehead atoms. The molecule has 0 atom stereocenters. The maximum Gasteiger partial charge on any atom is 0.250 e. The molecule has 1 aromatic heterocycles. The van der Waals surface area contributed by atoms with E-state index in [1.807, 2.05) is 13.8 Å². The zero-order valence-corrected chi connectivity index (χ0v) is 6.74. The molecule has 0 spiro atoms. The largest absolute Gasteiger partial charge is 0.313 e. The van der Waals surface area contributed by atoms with Gasteiger partial charge in [-0.05, 0) is 19.9 Å². The second-order valence-electron chi connectivity index (χ2n) is 2.80. The molecule has 1 heterocycles. The van der Waals surface area contributed by atoms with E-state index in [0.29, 0.717) is 5.46 Å². The fourth-order valence-corrected chi connectivity index (χ4v) is 0.932. The standard InChI is InChI=1S/C8H10BNO/c1-6(2)10-4-3-7(9)5-8(10)11/h3-6H,1-2H3. The molecule has 0 aliphatic heterocycles. The van der Waals surface area contributed by atoms with E-state index in [2.05, 4.69) is 0 Å². The lowest BCUT2D eigenvalue weighted by molar-refractivity contribution is 0.579. The van der Waals surface area contributed by atoms with Crippen molar-refractivity contribution in [3.63, 3.8) is 0 Å². The van der Waals surface area contributed by atoms with Gasteiger partial charge in [0.25, 0.3) is 0 Å². The Morgan fingerprint density at radius 3 is 2.64 bits per heavy atom. The van der Waals surface area contributed by atoms with Gasteiger partial charge in [-0.25, -0.2) is 0 Å². The van der Waals surface area contributed by atoms with Crippen LogP contribution in [0.4, 0.5) is 0 Å².